The lowest BCUT2D eigenvalue weighted by Gasteiger charge is -2.28. The molecular weight excluding hydrogens is 459 g/mol. The van der Waals surface area contributed by atoms with Gasteiger partial charge in [0.25, 0.3) is 0 Å². The Morgan fingerprint density at radius 2 is 1.83 bits per heavy atom. The maximum atomic E-state index is 13.2. The topological polar surface area (TPSA) is 89.0 Å². The Hall–Kier alpha value is -3.69. The number of carbonyl (C=O) groups is 1. The molecule has 0 spiro atoms. The van der Waals surface area contributed by atoms with Crippen molar-refractivity contribution < 1.29 is 22.7 Å². The van der Waals surface area contributed by atoms with Gasteiger partial charge in [0, 0.05) is 40.9 Å². The van der Waals surface area contributed by atoms with Crippen LogP contribution in [0.2, 0.25) is 0 Å². The Bertz CT molecular complexity index is 1210. The molecule has 0 saturated carbocycles. The number of nitrogens with one attached hydrogen (secondary N) is 2. The molecule has 7 nitrogen and oxygen atoms in total. The number of alkyl carbamates (subject to hydrolysis) is 1. The number of ether oxygens (including phenoxy) is 1. The fourth-order valence-corrected chi connectivity index (χ4v) is 3.85. The Morgan fingerprint density at radius 3 is 2.51 bits per heavy atom. The first kappa shape index (κ1) is 24.4. The fourth-order valence-electron chi connectivity index (χ4n) is 3.85. The minimum absolute atomic E-state index is 0.227. The second kappa shape index (κ2) is 9.52. The third-order valence-corrected chi connectivity index (χ3v) is 5.38. The average Bonchev–Trinajstić information content (AvgIpc) is 2.78. The molecule has 184 valence electrons. The zero-order valence-corrected chi connectivity index (χ0v) is 19.6. The first-order valence-electron chi connectivity index (χ1n) is 11.2. The van der Waals surface area contributed by atoms with Crippen molar-refractivity contribution in [3.8, 4) is 11.4 Å². The SMILES string of the molecule is CC(C)(C)OC(=O)NC1CCc2nc(-c3ccncc3)nc(Nc3cccc(C(F)(F)F)c3)c2C1. The van der Waals surface area contributed by atoms with Gasteiger partial charge in [-0.25, -0.2) is 14.8 Å². The van der Waals surface area contributed by atoms with Crippen molar-refractivity contribution in [3.63, 3.8) is 0 Å². The second-order valence-electron chi connectivity index (χ2n) is 9.35. The summed E-state index contributed by atoms with van der Waals surface area (Å²) in [6, 6.07) is 8.26. The molecular formula is C25H26F3N5O2. The molecule has 1 atom stereocenters. The quantitative estimate of drug-likeness (QED) is 0.494. The van der Waals surface area contributed by atoms with Crippen molar-refractivity contribution in [2.45, 2.75) is 57.9 Å². The standard InChI is InChI=1S/C25H26F3N5O2/c1-24(2,3)35-23(34)31-18-7-8-20-19(14-18)22(33-21(32-20)15-9-11-29-12-10-15)30-17-6-4-5-16(13-17)25(26,27)28/h4-6,9-13,18H,7-8,14H2,1-3H3,(H,31,34)(H,30,32,33). The van der Waals surface area contributed by atoms with Crippen LogP contribution in [0.15, 0.2) is 48.8 Å². The monoisotopic (exact) mass is 485 g/mol. The van der Waals surface area contributed by atoms with Crippen molar-refractivity contribution in [2.24, 2.45) is 0 Å². The minimum atomic E-state index is -4.46. The molecule has 1 aliphatic rings. The number of benzene rings is 1. The van der Waals surface area contributed by atoms with Crippen LogP contribution in [0.4, 0.5) is 29.5 Å². The molecule has 0 aliphatic heterocycles. The van der Waals surface area contributed by atoms with Gasteiger partial charge in [0.1, 0.15) is 11.4 Å². The minimum Gasteiger partial charge on any atom is -0.444 e. The summed E-state index contributed by atoms with van der Waals surface area (Å²) in [4.78, 5) is 25.7. The number of anilines is 2. The number of halogens is 3. The van der Waals surface area contributed by atoms with Crippen molar-refractivity contribution >= 4 is 17.6 Å². The van der Waals surface area contributed by atoms with Gasteiger partial charge in [0.2, 0.25) is 0 Å². The first-order valence-corrected chi connectivity index (χ1v) is 11.2. The molecule has 1 unspecified atom stereocenters. The number of fused-ring (bicyclic) bond motifs is 1. The molecule has 0 saturated heterocycles. The predicted molar refractivity (Wildman–Crippen MR) is 125 cm³/mol. The van der Waals surface area contributed by atoms with E-state index in [1.807, 2.05) is 0 Å². The van der Waals surface area contributed by atoms with E-state index in [2.05, 4.69) is 20.6 Å². The van der Waals surface area contributed by atoms with Crippen LogP contribution < -0.4 is 10.6 Å². The van der Waals surface area contributed by atoms with Gasteiger partial charge in [-0.2, -0.15) is 13.2 Å². The first-order chi connectivity index (χ1) is 16.5. The van der Waals surface area contributed by atoms with E-state index in [9.17, 15) is 18.0 Å². The van der Waals surface area contributed by atoms with E-state index in [-0.39, 0.29) is 11.7 Å². The van der Waals surface area contributed by atoms with Crippen LogP contribution in [0.3, 0.4) is 0 Å². The summed E-state index contributed by atoms with van der Waals surface area (Å²) in [7, 11) is 0. The molecule has 0 bridgehead atoms. The molecule has 2 heterocycles. The molecule has 3 aromatic rings. The Kier molecular flexibility index (Phi) is 6.64. The number of pyridine rings is 1. The highest BCUT2D eigenvalue weighted by Gasteiger charge is 2.31. The number of nitrogens with zero attached hydrogens (tertiary/aromatic N) is 3. The van der Waals surface area contributed by atoms with Crippen molar-refractivity contribution in [3.05, 3.63) is 65.6 Å². The molecule has 1 amide bonds. The lowest BCUT2D eigenvalue weighted by atomic mass is 9.91. The zero-order chi connectivity index (χ0) is 25.2. The van der Waals surface area contributed by atoms with E-state index in [0.717, 1.165) is 29.0 Å². The van der Waals surface area contributed by atoms with Crippen molar-refractivity contribution in [1.82, 2.24) is 20.3 Å². The molecule has 1 aromatic carbocycles. The molecule has 0 radical (unpaired) electrons. The number of aromatic nitrogens is 3. The van der Waals surface area contributed by atoms with Crippen LogP contribution in [-0.2, 0) is 23.8 Å². The summed E-state index contributed by atoms with van der Waals surface area (Å²) in [6.45, 7) is 5.36. The number of alkyl halides is 3. The van der Waals surface area contributed by atoms with E-state index in [4.69, 9.17) is 9.72 Å². The van der Waals surface area contributed by atoms with E-state index < -0.39 is 23.4 Å². The smallest absolute Gasteiger partial charge is 0.416 e. The molecule has 2 aromatic heterocycles. The molecule has 10 heteroatoms. The number of rotatable bonds is 4. The van der Waals surface area contributed by atoms with Gasteiger partial charge in [-0.3, -0.25) is 4.98 Å². The van der Waals surface area contributed by atoms with E-state index in [1.54, 1.807) is 51.4 Å². The molecule has 35 heavy (non-hydrogen) atoms. The average molecular weight is 486 g/mol. The van der Waals surface area contributed by atoms with Gasteiger partial charge in [-0.15, -0.1) is 0 Å². The van der Waals surface area contributed by atoms with E-state index in [0.29, 0.717) is 30.9 Å². The van der Waals surface area contributed by atoms with Crippen LogP contribution >= 0.6 is 0 Å². The highest BCUT2D eigenvalue weighted by Crippen LogP contribution is 2.34. The summed E-state index contributed by atoms with van der Waals surface area (Å²) >= 11 is 0. The highest BCUT2D eigenvalue weighted by molar-refractivity contribution is 5.69. The van der Waals surface area contributed by atoms with Gasteiger partial charge in [0.15, 0.2) is 5.82 Å². The Balaban J connectivity index is 1.67. The van der Waals surface area contributed by atoms with Crippen LogP contribution in [0, 0.1) is 0 Å². The molecule has 1 aliphatic carbocycles. The van der Waals surface area contributed by atoms with E-state index in [1.165, 1.54) is 6.07 Å². The lowest BCUT2D eigenvalue weighted by molar-refractivity contribution is -0.137. The molecule has 2 N–H and O–H groups in total. The molecule has 4 rings (SSSR count). The normalized spacial score (nSPS) is 15.8. The van der Waals surface area contributed by atoms with Crippen LogP contribution in [0.25, 0.3) is 11.4 Å². The van der Waals surface area contributed by atoms with Gasteiger partial charge in [0.05, 0.1) is 5.56 Å². The summed E-state index contributed by atoms with van der Waals surface area (Å²) < 4.78 is 45.1. The summed E-state index contributed by atoms with van der Waals surface area (Å²) in [5.41, 5.74) is 1.13. The van der Waals surface area contributed by atoms with Crippen LogP contribution in [-0.4, -0.2) is 32.7 Å². The summed E-state index contributed by atoms with van der Waals surface area (Å²) in [5, 5.41) is 5.94. The van der Waals surface area contributed by atoms with Gasteiger partial charge in [-0.1, -0.05) is 6.07 Å². The molecule has 0 fully saturated rings. The maximum Gasteiger partial charge on any atom is 0.416 e. The van der Waals surface area contributed by atoms with Crippen LogP contribution in [0.1, 0.15) is 44.0 Å². The second-order valence-corrected chi connectivity index (χ2v) is 9.35. The largest absolute Gasteiger partial charge is 0.444 e. The number of carbonyl (C=O) groups excluding carboxylic acids is 1. The van der Waals surface area contributed by atoms with Gasteiger partial charge < -0.3 is 15.4 Å². The van der Waals surface area contributed by atoms with Gasteiger partial charge >= 0.3 is 12.3 Å². The van der Waals surface area contributed by atoms with Crippen LogP contribution in [0.5, 0.6) is 0 Å². The number of aryl methyl sites for hydroxylation is 1. The number of hydrogen-bond donors (Lipinski definition) is 2. The van der Waals surface area contributed by atoms with Crippen molar-refractivity contribution in [2.75, 3.05) is 5.32 Å². The zero-order valence-electron chi connectivity index (χ0n) is 19.6. The van der Waals surface area contributed by atoms with Crippen molar-refractivity contribution in [1.29, 1.82) is 0 Å². The summed E-state index contributed by atoms with van der Waals surface area (Å²) in [5.74, 6) is 0.844. The summed E-state index contributed by atoms with van der Waals surface area (Å²) in [6.07, 6.45) is -0.125. The number of hydrogen-bond acceptors (Lipinski definition) is 6. The Morgan fingerprint density at radius 1 is 1.09 bits per heavy atom. The lowest BCUT2D eigenvalue weighted by Crippen LogP contribution is -2.42. The number of amides is 1. The Labute approximate surface area is 201 Å². The van der Waals surface area contributed by atoms with E-state index >= 15 is 0 Å². The predicted octanol–water partition coefficient (Wildman–Crippen LogP) is 5.68. The fraction of sp³-hybridized carbons (Fsp3) is 0.360. The van der Waals surface area contributed by atoms with Gasteiger partial charge in [-0.05, 0) is 70.4 Å². The highest BCUT2D eigenvalue weighted by atomic mass is 19.4. The maximum absolute atomic E-state index is 13.2. The third-order valence-electron chi connectivity index (χ3n) is 5.38. The third kappa shape index (κ3) is 6.26.